The van der Waals surface area contributed by atoms with Crippen LogP contribution in [0.25, 0.3) is 0 Å². The summed E-state index contributed by atoms with van der Waals surface area (Å²) in [5, 5.41) is 14.3. The van der Waals surface area contributed by atoms with E-state index in [4.69, 9.17) is 0 Å². The van der Waals surface area contributed by atoms with Crippen LogP contribution in [-0.2, 0) is 16.4 Å². The van der Waals surface area contributed by atoms with Crippen LogP contribution in [-0.4, -0.2) is 18.6 Å². The molecule has 4 rings (SSSR count). The Morgan fingerprint density at radius 3 is 2.81 bits per heavy atom. The number of benzene rings is 1. The molecule has 0 aromatic heterocycles. The standard InChI is InChI=1S/C19H19F3N4O/c1-3-18(11-5-4-6-12(7-11)19(20,21)22)13-9-24-26-16(13)25-15-10(2)8-23-17(27)14(15)18/h4-7,9-10,16,25H,3,8H2,1-2H3,(H,23,27)/t10-,16?,18-/m1/s1. The zero-order chi connectivity index (χ0) is 19.4. The summed E-state index contributed by atoms with van der Waals surface area (Å²) in [6, 6.07) is 5.22. The van der Waals surface area contributed by atoms with Crippen LogP contribution in [0.2, 0.25) is 0 Å². The van der Waals surface area contributed by atoms with Gasteiger partial charge >= 0.3 is 6.18 Å². The Labute approximate surface area is 154 Å². The molecule has 1 unspecified atom stereocenters. The molecule has 1 amide bonds. The van der Waals surface area contributed by atoms with Crippen LogP contribution in [0.15, 0.2) is 57.5 Å². The minimum Gasteiger partial charge on any atom is -0.361 e. The van der Waals surface area contributed by atoms with Crippen LogP contribution in [0.3, 0.4) is 0 Å². The van der Waals surface area contributed by atoms with Gasteiger partial charge in [0.1, 0.15) is 0 Å². The van der Waals surface area contributed by atoms with E-state index in [-0.39, 0.29) is 11.8 Å². The van der Waals surface area contributed by atoms with Gasteiger partial charge in [0.15, 0.2) is 6.17 Å². The predicted molar refractivity (Wildman–Crippen MR) is 92.5 cm³/mol. The highest BCUT2D eigenvalue weighted by molar-refractivity contribution is 5.99. The van der Waals surface area contributed by atoms with Gasteiger partial charge in [0, 0.05) is 23.7 Å². The molecular weight excluding hydrogens is 357 g/mol. The number of halogens is 3. The molecule has 0 saturated carbocycles. The highest BCUT2D eigenvalue weighted by Crippen LogP contribution is 2.51. The third kappa shape index (κ3) is 2.49. The van der Waals surface area contributed by atoms with Gasteiger partial charge in [-0.3, -0.25) is 4.79 Å². The first-order valence-corrected chi connectivity index (χ1v) is 8.86. The molecule has 0 bridgehead atoms. The van der Waals surface area contributed by atoms with Gasteiger partial charge in [-0.1, -0.05) is 32.0 Å². The summed E-state index contributed by atoms with van der Waals surface area (Å²) in [6.07, 6.45) is -2.94. The van der Waals surface area contributed by atoms with Gasteiger partial charge in [0.05, 0.1) is 22.8 Å². The second-order valence-corrected chi connectivity index (χ2v) is 7.10. The zero-order valence-electron chi connectivity index (χ0n) is 14.9. The van der Waals surface area contributed by atoms with Gasteiger partial charge < -0.3 is 10.6 Å². The first kappa shape index (κ1) is 17.8. The normalized spacial score (nSPS) is 29.7. The number of hydrogen-bond acceptors (Lipinski definition) is 4. The van der Waals surface area contributed by atoms with E-state index in [1.807, 2.05) is 13.8 Å². The molecule has 5 nitrogen and oxygen atoms in total. The molecule has 0 spiro atoms. The Hall–Kier alpha value is -2.64. The van der Waals surface area contributed by atoms with Crippen molar-refractivity contribution in [3.05, 3.63) is 58.4 Å². The molecular formula is C19H19F3N4O. The second kappa shape index (κ2) is 5.94. The van der Waals surface area contributed by atoms with Gasteiger partial charge in [-0.15, -0.1) is 0 Å². The Balaban J connectivity index is 2.01. The largest absolute Gasteiger partial charge is 0.416 e. The van der Waals surface area contributed by atoms with Crippen LogP contribution >= 0.6 is 0 Å². The van der Waals surface area contributed by atoms with Crippen molar-refractivity contribution in [3.8, 4) is 0 Å². The molecule has 3 heterocycles. The fraction of sp³-hybridized carbons (Fsp3) is 0.421. The molecule has 3 aliphatic heterocycles. The van der Waals surface area contributed by atoms with Gasteiger partial charge in [0.2, 0.25) is 5.91 Å². The number of carbonyl (C=O) groups is 1. The van der Waals surface area contributed by atoms with Crippen molar-refractivity contribution in [2.24, 2.45) is 16.1 Å². The number of azo groups is 1. The Morgan fingerprint density at radius 1 is 1.33 bits per heavy atom. The highest BCUT2D eigenvalue weighted by atomic mass is 19.4. The number of fused-ring (bicyclic) bond motifs is 1. The monoisotopic (exact) mass is 376 g/mol. The van der Waals surface area contributed by atoms with E-state index < -0.39 is 23.3 Å². The lowest BCUT2D eigenvalue weighted by molar-refractivity contribution is -0.137. The van der Waals surface area contributed by atoms with Crippen LogP contribution in [0, 0.1) is 5.92 Å². The lowest BCUT2D eigenvalue weighted by Crippen LogP contribution is -2.55. The quantitative estimate of drug-likeness (QED) is 0.827. The molecule has 0 aliphatic carbocycles. The number of carbonyl (C=O) groups excluding carboxylic acids is 1. The molecule has 0 saturated heterocycles. The van der Waals surface area contributed by atoms with E-state index in [9.17, 15) is 18.0 Å². The lowest BCUT2D eigenvalue weighted by Gasteiger charge is -2.46. The first-order chi connectivity index (χ1) is 12.8. The summed E-state index contributed by atoms with van der Waals surface area (Å²) in [6.45, 7) is 4.31. The van der Waals surface area contributed by atoms with Crippen molar-refractivity contribution in [2.45, 2.75) is 38.0 Å². The van der Waals surface area contributed by atoms with Crippen LogP contribution < -0.4 is 10.6 Å². The maximum Gasteiger partial charge on any atom is 0.416 e. The molecule has 1 aromatic rings. The summed E-state index contributed by atoms with van der Waals surface area (Å²) in [5.74, 6) is -0.257. The topological polar surface area (TPSA) is 65.8 Å². The van der Waals surface area contributed by atoms with Crippen molar-refractivity contribution in [1.82, 2.24) is 10.6 Å². The number of nitrogens with one attached hydrogen (secondary N) is 2. The van der Waals surface area contributed by atoms with E-state index in [0.717, 1.165) is 17.8 Å². The minimum atomic E-state index is -4.46. The summed E-state index contributed by atoms with van der Waals surface area (Å²) in [5.41, 5.74) is 0.601. The van der Waals surface area contributed by atoms with Gasteiger partial charge in [-0.2, -0.15) is 23.4 Å². The molecule has 3 atom stereocenters. The van der Waals surface area contributed by atoms with E-state index in [1.54, 1.807) is 12.3 Å². The number of hydrogen-bond donors (Lipinski definition) is 2. The molecule has 2 N–H and O–H groups in total. The molecule has 1 aromatic carbocycles. The predicted octanol–water partition coefficient (Wildman–Crippen LogP) is 3.65. The minimum absolute atomic E-state index is 0.00627. The Kier molecular flexibility index (Phi) is 3.90. The highest BCUT2D eigenvalue weighted by Gasteiger charge is 2.52. The summed E-state index contributed by atoms with van der Waals surface area (Å²) in [4.78, 5) is 12.9. The summed E-state index contributed by atoms with van der Waals surface area (Å²) < 4.78 is 40.0. The fourth-order valence-electron chi connectivity index (χ4n) is 4.34. The van der Waals surface area contributed by atoms with Crippen molar-refractivity contribution in [2.75, 3.05) is 6.54 Å². The average molecular weight is 376 g/mol. The van der Waals surface area contributed by atoms with Gasteiger partial charge in [-0.25, -0.2) is 0 Å². The molecule has 0 radical (unpaired) electrons. The third-order valence-corrected chi connectivity index (χ3v) is 5.66. The SMILES string of the molecule is CC[C@@]1(c2cccc(C(F)(F)F)c2)C2=CN=NC2NC2=C1C(=O)NC[C@H]2C. The molecule has 27 heavy (non-hydrogen) atoms. The maximum atomic E-state index is 13.3. The smallest absolute Gasteiger partial charge is 0.361 e. The number of rotatable bonds is 2. The maximum absolute atomic E-state index is 13.3. The molecule has 3 aliphatic rings. The first-order valence-electron chi connectivity index (χ1n) is 8.86. The van der Waals surface area contributed by atoms with Crippen LogP contribution in [0.1, 0.15) is 31.4 Å². The van der Waals surface area contributed by atoms with Gasteiger partial charge in [-0.05, 0) is 18.1 Å². The van der Waals surface area contributed by atoms with Crippen LogP contribution in [0.5, 0.6) is 0 Å². The number of nitrogens with zero attached hydrogens (tertiary/aromatic N) is 2. The van der Waals surface area contributed by atoms with Crippen LogP contribution in [0.4, 0.5) is 13.2 Å². The van der Waals surface area contributed by atoms with Crippen molar-refractivity contribution in [3.63, 3.8) is 0 Å². The second-order valence-electron chi connectivity index (χ2n) is 7.10. The summed E-state index contributed by atoms with van der Waals surface area (Å²) in [7, 11) is 0. The van der Waals surface area contributed by atoms with E-state index in [2.05, 4.69) is 20.9 Å². The van der Waals surface area contributed by atoms with Crippen molar-refractivity contribution in [1.29, 1.82) is 0 Å². The number of alkyl halides is 3. The average Bonchev–Trinajstić information content (AvgIpc) is 3.11. The van der Waals surface area contributed by atoms with Crippen molar-refractivity contribution < 1.29 is 18.0 Å². The van der Waals surface area contributed by atoms with E-state index in [0.29, 0.717) is 29.7 Å². The molecule has 0 fully saturated rings. The zero-order valence-corrected chi connectivity index (χ0v) is 14.9. The molecule has 142 valence electrons. The Morgan fingerprint density at radius 2 is 2.11 bits per heavy atom. The molecule has 8 heteroatoms. The number of amides is 1. The Bertz CT molecular complexity index is 902. The third-order valence-electron chi connectivity index (χ3n) is 5.66. The fourth-order valence-corrected chi connectivity index (χ4v) is 4.34. The van der Waals surface area contributed by atoms with Gasteiger partial charge in [0.25, 0.3) is 0 Å². The summed E-state index contributed by atoms with van der Waals surface area (Å²) >= 11 is 0. The van der Waals surface area contributed by atoms with E-state index in [1.165, 1.54) is 6.07 Å². The lowest BCUT2D eigenvalue weighted by atomic mass is 9.62. The van der Waals surface area contributed by atoms with Crippen molar-refractivity contribution >= 4 is 5.91 Å². The van der Waals surface area contributed by atoms with E-state index >= 15 is 0 Å².